The Morgan fingerprint density at radius 3 is 2.62 bits per heavy atom. The number of nitrogens with one attached hydrogen (secondary N) is 3. The molecule has 1 aliphatic rings. The summed E-state index contributed by atoms with van der Waals surface area (Å²) in [5.41, 5.74) is 4.12. The van der Waals surface area contributed by atoms with E-state index in [-0.39, 0.29) is 18.1 Å². The smallest absolute Gasteiger partial charge is 0.274 e. The SMILES string of the molecule is C[C@@H]1CN(Cc2cccc(C(=O)Nc3cc(-c4cnc(I)c(NS(C)(=O)=O)c4)cc4[nH]ncc34)n2)C[C@H](C)O1. The van der Waals surface area contributed by atoms with Crippen LogP contribution in [0.4, 0.5) is 11.4 Å². The van der Waals surface area contributed by atoms with Crippen molar-refractivity contribution < 1.29 is 17.9 Å². The van der Waals surface area contributed by atoms with Gasteiger partial charge in [-0.15, -0.1) is 0 Å². The third kappa shape index (κ3) is 6.72. The molecule has 2 atom stereocenters. The lowest BCUT2D eigenvalue weighted by Crippen LogP contribution is -2.45. The predicted octanol–water partition coefficient (Wildman–Crippen LogP) is 3.86. The highest BCUT2D eigenvalue weighted by atomic mass is 127. The van der Waals surface area contributed by atoms with Crippen LogP contribution in [0.1, 0.15) is 30.0 Å². The normalized spacial score (nSPS) is 18.3. The van der Waals surface area contributed by atoms with Crippen molar-refractivity contribution in [2.24, 2.45) is 0 Å². The second-order valence-corrected chi connectivity index (χ2v) is 12.5. The van der Waals surface area contributed by atoms with Gasteiger partial charge in [0.25, 0.3) is 5.91 Å². The van der Waals surface area contributed by atoms with Gasteiger partial charge in [0.15, 0.2) is 0 Å². The second kappa shape index (κ2) is 11.2. The number of hydrogen-bond acceptors (Lipinski definition) is 8. The first kappa shape index (κ1) is 27.4. The molecule has 1 aromatic carbocycles. The lowest BCUT2D eigenvalue weighted by atomic mass is 10.0. The molecule has 1 saturated heterocycles. The Morgan fingerprint density at radius 1 is 1.13 bits per heavy atom. The number of rotatable bonds is 7. The number of pyridine rings is 2. The average Bonchev–Trinajstić information content (AvgIpc) is 3.33. The van der Waals surface area contributed by atoms with Gasteiger partial charge in [0.05, 0.1) is 47.2 Å². The number of nitrogens with zero attached hydrogens (tertiary/aromatic N) is 4. The minimum absolute atomic E-state index is 0.145. The van der Waals surface area contributed by atoms with E-state index in [2.05, 4.69) is 49.0 Å². The van der Waals surface area contributed by atoms with Crippen molar-refractivity contribution in [3.63, 3.8) is 0 Å². The number of ether oxygens (including phenoxy) is 1. The monoisotopic (exact) mass is 661 g/mol. The highest BCUT2D eigenvalue weighted by molar-refractivity contribution is 14.1. The predicted molar refractivity (Wildman–Crippen MR) is 158 cm³/mol. The number of benzene rings is 1. The molecular formula is C26H28IN7O4S. The summed E-state index contributed by atoms with van der Waals surface area (Å²) >= 11 is 1.97. The average molecular weight is 662 g/mol. The van der Waals surface area contributed by atoms with Gasteiger partial charge < -0.3 is 10.1 Å². The summed E-state index contributed by atoms with van der Waals surface area (Å²) < 4.78 is 32.4. The van der Waals surface area contributed by atoms with Gasteiger partial charge in [-0.25, -0.2) is 18.4 Å². The molecule has 5 rings (SSSR count). The summed E-state index contributed by atoms with van der Waals surface area (Å²) in [5.74, 6) is -0.347. The molecule has 39 heavy (non-hydrogen) atoms. The molecule has 0 bridgehead atoms. The Kier molecular flexibility index (Phi) is 7.84. The molecule has 13 heteroatoms. The zero-order valence-electron chi connectivity index (χ0n) is 21.6. The van der Waals surface area contributed by atoms with Gasteiger partial charge in [-0.3, -0.25) is 19.5 Å². The molecule has 0 saturated carbocycles. The maximum atomic E-state index is 13.3. The fourth-order valence-electron chi connectivity index (χ4n) is 4.72. The molecule has 0 spiro atoms. The maximum Gasteiger partial charge on any atom is 0.274 e. The van der Waals surface area contributed by atoms with Crippen molar-refractivity contribution in [3.8, 4) is 11.1 Å². The van der Waals surface area contributed by atoms with Crippen molar-refractivity contribution in [1.82, 2.24) is 25.1 Å². The third-order valence-corrected chi connectivity index (χ3v) is 7.65. The van der Waals surface area contributed by atoms with Crippen LogP contribution in [0.25, 0.3) is 22.0 Å². The molecule has 3 aromatic heterocycles. The van der Waals surface area contributed by atoms with E-state index in [0.717, 1.165) is 36.0 Å². The van der Waals surface area contributed by atoms with Crippen LogP contribution in [-0.4, -0.2) is 70.9 Å². The summed E-state index contributed by atoms with van der Waals surface area (Å²) in [6.07, 6.45) is 4.67. The number of hydrogen-bond donors (Lipinski definition) is 3. The minimum Gasteiger partial charge on any atom is -0.373 e. The zero-order chi connectivity index (χ0) is 27.7. The van der Waals surface area contributed by atoms with E-state index in [1.54, 1.807) is 24.5 Å². The van der Waals surface area contributed by atoms with Crippen LogP contribution in [0, 0.1) is 3.70 Å². The minimum atomic E-state index is -3.48. The van der Waals surface area contributed by atoms with Crippen LogP contribution in [0.15, 0.2) is 48.8 Å². The van der Waals surface area contributed by atoms with E-state index < -0.39 is 10.0 Å². The molecule has 11 nitrogen and oxygen atoms in total. The zero-order valence-corrected chi connectivity index (χ0v) is 24.6. The van der Waals surface area contributed by atoms with E-state index >= 15 is 0 Å². The first-order valence-corrected chi connectivity index (χ1v) is 15.3. The number of anilines is 2. The van der Waals surface area contributed by atoms with E-state index in [0.29, 0.717) is 38.4 Å². The quantitative estimate of drug-likeness (QED) is 0.200. The van der Waals surface area contributed by atoms with E-state index in [1.165, 1.54) is 0 Å². The summed E-state index contributed by atoms with van der Waals surface area (Å²) in [4.78, 5) is 24.5. The molecule has 1 fully saturated rings. The van der Waals surface area contributed by atoms with Crippen molar-refractivity contribution in [1.29, 1.82) is 0 Å². The molecule has 1 amide bonds. The van der Waals surface area contributed by atoms with Gasteiger partial charge in [0.1, 0.15) is 9.39 Å². The Hall–Kier alpha value is -3.14. The number of H-pyrrole nitrogens is 1. The molecule has 1 aliphatic heterocycles. The first-order chi connectivity index (χ1) is 18.5. The molecule has 3 N–H and O–H groups in total. The number of aromatic nitrogens is 4. The molecule has 0 aliphatic carbocycles. The van der Waals surface area contributed by atoms with Gasteiger partial charge in [-0.05, 0) is 72.3 Å². The van der Waals surface area contributed by atoms with E-state index in [1.807, 2.05) is 46.9 Å². The fraction of sp³-hybridized carbons (Fsp3) is 0.308. The maximum absolute atomic E-state index is 13.3. The van der Waals surface area contributed by atoms with Crippen LogP contribution in [0.2, 0.25) is 0 Å². The van der Waals surface area contributed by atoms with E-state index in [4.69, 9.17) is 4.74 Å². The molecule has 204 valence electrons. The van der Waals surface area contributed by atoms with Gasteiger partial charge in [0, 0.05) is 36.8 Å². The van der Waals surface area contributed by atoms with Gasteiger partial charge >= 0.3 is 0 Å². The summed E-state index contributed by atoms with van der Waals surface area (Å²) in [6.45, 7) is 6.36. The first-order valence-electron chi connectivity index (χ1n) is 12.3. The Labute approximate surface area is 239 Å². The van der Waals surface area contributed by atoms with Crippen molar-refractivity contribution in [2.45, 2.75) is 32.6 Å². The number of fused-ring (bicyclic) bond motifs is 1. The van der Waals surface area contributed by atoms with Crippen LogP contribution >= 0.6 is 22.6 Å². The number of carbonyl (C=O) groups is 1. The van der Waals surface area contributed by atoms with Crippen molar-refractivity contribution >= 4 is 60.8 Å². The van der Waals surface area contributed by atoms with Gasteiger partial charge in [-0.1, -0.05) is 6.07 Å². The standard InChI is InChI=1S/C26H28IN7O4S/c1-15-12-34(13-16(2)38-15)14-19-5-4-6-21(30-19)26(35)31-22-7-17(8-23-20(22)11-29-32-23)18-9-24(25(27)28-10-18)33-39(3,36)37/h4-11,15-16,33H,12-14H2,1-3H3,(H,29,32)(H,31,35)/t15-,16+. The van der Waals surface area contributed by atoms with E-state index in [9.17, 15) is 13.2 Å². The highest BCUT2D eigenvalue weighted by Crippen LogP contribution is 2.32. The summed E-state index contributed by atoms with van der Waals surface area (Å²) in [5, 5.41) is 10.8. The largest absolute Gasteiger partial charge is 0.373 e. The Morgan fingerprint density at radius 2 is 1.87 bits per heavy atom. The topological polar surface area (TPSA) is 142 Å². The molecular weight excluding hydrogens is 633 g/mol. The Bertz CT molecular complexity index is 1630. The number of carbonyl (C=O) groups excluding carboxylic acids is 1. The lowest BCUT2D eigenvalue weighted by Gasteiger charge is -2.35. The lowest BCUT2D eigenvalue weighted by molar-refractivity contribution is -0.0707. The summed E-state index contributed by atoms with van der Waals surface area (Å²) in [7, 11) is -3.48. The van der Waals surface area contributed by atoms with Crippen LogP contribution in [-0.2, 0) is 21.3 Å². The number of amides is 1. The third-order valence-electron chi connectivity index (χ3n) is 6.19. The Balaban J connectivity index is 1.41. The molecule has 0 unspecified atom stereocenters. The van der Waals surface area contributed by atoms with Crippen LogP contribution < -0.4 is 10.0 Å². The van der Waals surface area contributed by atoms with Crippen LogP contribution in [0.3, 0.4) is 0 Å². The number of aromatic amines is 1. The number of morpholine rings is 1. The second-order valence-electron chi connectivity index (χ2n) is 9.71. The molecule has 0 radical (unpaired) electrons. The highest BCUT2D eigenvalue weighted by Gasteiger charge is 2.23. The number of halogens is 1. The van der Waals surface area contributed by atoms with Gasteiger partial charge in [0.2, 0.25) is 10.0 Å². The van der Waals surface area contributed by atoms with Crippen molar-refractivity contribution in [2.75, 3.05) is 29.4 Å². The van der Waals surface area contributed by atoms with Crippen LogP contribution in [0.5, 0.6) is 0 Å². The van der Waals surface area contributed by atoms with Gasteiger partial charge in [-0.2, -0.15) is 5.10 Å². The fourth-order valence-corrected chi connectivity index (χ4v) is 5.89. The summed E-state index contributed by atoms with van der Waals surface area (Å²) in [6, 6.07) is 10.8. The molecule has 4 heterocycles. The van der Waals surface area contributed by atoms with Crippen molar-refractivity contribution in [3.05, 3.63) is 63.9 Å². The molecule has 4 aromatic rings. The number of sulfonamides is 1.